The minimum atomic E-state index is -0.535. The number of rotatable bonds is 7. The number of phenolic OH excluding ortho intramolecular Hbond substituents is 2. The van der Waals surface area contributed by atoms with Crippen molar-refractivity contribution in [3.63, 3.8) is 0 Å². The van der Waals surface area contributed by atoms with Crippen molar-refractivity contribution in [2.75, 3.05) is 27.4 Å². The topological polar surface area (TPSA) is 108 Å². The predicted molar refractivity (Wildman–Crippen MR) is 122 cm³/mol. The molecule has 0 bridgehead atoms. The Bertz CT molecular complexity index is 1180. The molecule has 1 unspecified atom stereocenters. The van der Waals surface area contributed by atoms with Crippen LogP contribution < -0.4 is 4.74 Å². The molecule has 3 N–H and O–H groups in total. The van der Waals surface area contributed by atoms with Gasteiger partial charge in [-0.1, -0.05) is 11.6 Å². The molecule has 0 spiro atoms. The molecule has 2 aromatic carbocycles. The molecule has 1 amide bonds. The number of hydrogen-bond acceptors (Lipinski definition) is 6. The van der Waals surface area contributed by atoms with Crippen molar-refractivity contribution >= 4 is 33.4 Å². The number of halogens is 2. The smallest absolute Gasteiger partial charge is 0.273 e. The van der Waals surface area contributed by atoms with E-state index in [1.165, 1.54) is 13.2 Å². The van der Waals surface area contributed by atoms with Gasteiger partial charge in [-0.05, 0) is 58.2 Å². The van der Waals surface area contributed by atoms with Gasteiger partial charge < -0.3 is 24.6 Å². The van der Waals surface area contributed by atoms with Crippen LogP contribution >= 0.6 is 27.5 Å². The number of benzene rings is 2. The Hall–Kier alpha value is -2.75. The Balaban J connectivity index is 1.91. The Morgan fingerprint density at radius 1 is 1.25 bits per heavy atom. The first kappa shape index (κ1) is 22.4. The maximum Gasteiger partial charge on any atom is 0.273 e. The minimum Gasteiger partial charge on any atom is -0.507 e. The van der Waals surface area contributed by atoms with Gasteiger partial charge >= 0.3 is 0 Å². The molecule has 1 aliphatic heterocycles. The zero-order chi connectivity index (χ0) is 23.0. The summed E-state index contributed by atoms with van der Waals surface area (Å²) in [5.74, 6) is 0.0103. The van der Waals surface area contributed by atoms with E-state index in [9.17, 15) is 15.0 Å². The van der Waals surface area contributed by atoms with E-state index in [1.54, 1.807) is 36.3 Å². The Kier molecular flexibility index (Phi) is 6.32. The number of nitrogens with one attached hydrogen (secondary N) is 1. The van der Waals surface area contributed by atoms with Gasteiger partial charge in [-0.3, -0.25) is 9.89 Å². The van der Waals surface area contributed by atoms with Crippen LogP contribution in [-0.2, 0) is 4.74 Å². The lowest BCUT2D eigenvalue weighted by molar-refractivity contribution is 0.0723. The van der Waals surface area contributed by atoms with Crippen molar-refractivity contribution in [1.29, 1.82) is 0 Å². The van der Waals surface area contributed by atoms with Gasteiger partial charge in [0, 0.05) is 36.4 Å². The molecule has 1 aromatic heterocycles. The lowest BCUT2D eigenvalue weighted by atomic mass is 9.95. The van der Waals surface area contributed by atoms with E-state index in [0.29, 0.717) is 57.1 Å². The van der Waals surface area contributed by atoms with Crippen LogP contribution in [0, 0.1) is 0 Å². The third kappa shape index (κ3) is 3.80. The average Bonchev–Trinajstić information content (AvgIpc) is 3.31. The van der Waals surface area contributed by atoms with Crippen LogP contribution in [0.2, 0.25) is 5.02 Å². The summed E-state index contributed by atoms with van der Waals surface area (Å²) in [7, 11) is 3.07. The summed E-state index contributed by atoms with van der Waals surface area (Å²) in [4.78, 5) is 15.0. The van der Waals surface area contributed by atoms with Gasteiger partial charge in [0.15, 0.2) is 11.5 Å². The summed E-state index contributed by atoms with van der Waals surface area (Å²) < 4.78 is 10.9. The number of aromatic hydroxyl groups is 2. The maximum absolute atomic E-state index is 13.3. The number of methoxy groups -OCH3 is 2. The van der Waals surface area contributed by atoms with Crippen LogP contribution in [0.5, 0.6) is 17.2 Å². The van der Waals surface area contributed by atoms with E-state index in [4.69, 9.17) is 21.1 Å². The SMILES string of the molecule is COCCCN1C(=O)c2[nH]nc(-c3cc(Cl)ccc3O)c2C1c1cc(Br)c(O)c(OC)c1. The number of aromatic nitrogens is 2. The molecule has 1 aliphatic rings. The molecular formula is C22H21BrClN3O5. The second-order valence-corrected chi connectivity index (χ2v) is 8.61. The van der Waals surface area contributed by atoms with E-state index >= 15 is 0 Å². The van der Waals surface area contributed by atoms with Crippen molar-refractivity contribution in [2.24, 2.45) is 0 Å². The molecule has 8 nitrogen and oxygen atoms in total. The standard InChI is InChI=1S/C22H21BrClN3O5/c1-31-7-3-6-27-20(11-8-14(23)21(29)16(9-11)32-2)17-18(25-26-19(17)22(27)30)13-10-12(24)4-5-15(13)28/h4-5,8-10,20,28-29H,3,6-7H2,1-2H3,(H,25,26). The van der Waals surface area contributed by atoms with E-state index < -0.39 is 6.04 Å². The highest BCUT2D eigenvalue weighted by atomic mass is 79.9. The van der Waals surface area contributed by atoms with Crippen molar-refractivity contribution in [3.05, 3.63) is 56.6 Å². The van der Waals surface area contributed by atoms with E-state index in [-0.39, 0.29) is 23.2 Å². The summed E-state index contributed by atoms with van der Waals surface area (Å²) in [6, 6.07) is 7.56. The van der Waals surface area contributed by atoms with E-state index in [2.05, 4.69) is 26.1 Å². The fraction of sp³-hybridized carbons (Fsp3) is 0.273. The summed E-state index contributed by atoms with van der Waals surface area (Å²) in [6.07, 6.45) is 0.630. The monoisotopic (exact) mass is 521 g/mol. The summed E-state index contributed by atoms with van der Waals surface area (Å²) in [5, 5.41) is 28.4. The number of carbonyl (C=O) groups is 1. The zero-order valence-electron chi connectivity index (χ0n) is 17.4. The minimum absolute atomic E-state index is 0.00259. The number of phenols is 2. The number of H-pyrrole nitrogens is 1. The third-order valence-electron chi connectivity index (χ3n) is 5.41. The quantitative estimate of drug-likeness (QED) is 0.395. The Morgan fingerprint density at radius 3 is 2.75 bits per heavy atom. The molecule has 32 heavy (non-hydrogen) atoms. The molecule has 3 aromatic rings. The number of carbonyl (C=O) groups excluding carboxylic acids is 1. The molecule has 0 aliphatic carbocycles. The van der Waals surface area contributed by atoms with Crippen LogP contribution in [-0.4, -0.2) is 58.6 Å². The highest BCUT2D eigenvalue weighted by molar-refractivity contribution is 9.10. The van der Waals surface area contributed by atoms with Crippen molar-refractivity contribution in [2.45, 2.75) is 12.5 Å². The van der Waals surface area contributed by atoms with Gasteiger partial charge in [-0.25, -0.2) is 0 Å². The van der Waals surface area contributed by atoms with Gasteiger partial charge in [-0.15, -0.1) is 0 Å². The largest absolute Gasteiger partial charge is 0.507 e. The lowest BCUT2D eigenvalue weighted by Gasteiger charge is -2.27. The first-order valence-corrected chi connectivity index (χ1v) is 11.0. The fourth-order valence-electron chi connectivity index (χ4n) is 3.96. The van der Waals surface area contributed by atoms with Gasteiger partial charge in [0.1, 0.15) is 17.1 Å². The number of aromatic amines is 1. The number of hydrogen-bond donors (Lipinski definition) is 3. The number of fused-ring (bicyclic) bond motifs is 1. The molecule has 168 valence electrons. The molecule has 0 saturated heterocycles. The zero-order valence-corrected chi connectivity index (χ0v) is 19.7. The Labute approximate surface area is 197 Å². The first-order valence-electron chi connectivity index (χ1n) is 9.80. The van der Waals surface area contributed by atoms with Crippen molar-refractivity contribution < 1.29 is 24.5 Å². The number of ether oxygens (including phenoxy) is 2. The second kappa shape index (κ2) is 9.01. The lowest BCUT2D eigenvalue weighted by Crippen LogP contribution is -2.31. The van der Waals surface area contributed by atoms with E-state index in [0.717, 1.165) is 0 Å². The summed E-state index contributed by atoms with van der Waals surface area (Å²) in [5.41, 5.74) is 2.50. The summed E-state index contributed by atoms with van der Waals surface area (Å²) in [6.45, 7) is 0.925. The van der Waals surface area contributed by atoms with E-state index in [1.807, 2.05) is 0 Å². The molecule has 4 rings (SSSR count). The number of amides is 1. The third-order valence-corrected chi connectivity index (χ3v) is 6.25. The summed E-state index contributed by atoms with van der Waals surface area (Å²) >= 11 is 9.53. The van der Waals surface area contributed by atoms with Crippen LogP contribution in [0.4, 0.5) is 0 Å². The second-order valence-electron chi connectivity index (χ2n) is 7.32. The molecular weight excluding hydrogens is 502 g/mol. The fourth-order valence-corrected chi connectivity index (χ4v) is 4.60. The van der Waals surface area contributed by atoms with Crippen LogP contribution in [0.3, 0.4) is 0 Å². The molecule has 0 fully saturated rings. The first-order chi connectivity index (χ1) is 15.4. The number of nitrogens with zero attached hydrogens (tertiary/aromatic N) is 2. The molecule has 1 atom stereocenters. The predicted octanol–water partition coefficient (Wildman–Crippen LogP) is 4.49. The van der Waals surface area contributed by atoms with Crippen LogP contribution in [0.25, 0.3) is 11.3 Å². The van der Waals surface area contributed by atoms with Gasteiger partial charge in [-0.2, -0.15) is 5.10 Å². The van der Waals surface area contributed by atoms with Gasteiger partial charge in [0.2, 0.25) is 0 Å². The molecule has 0 radical (unpaired) electrons. The van der Waals surface area contributed by atoms with Gasteiger partial charge in [0.05, 0.1) is 17.6 Å². The van der Waals surface area contributed by atoms with Crippen molar-refractivity contribution in [3.8, 4) is 28.5 Å². The molecule has 0 saturated carbocycles. The van der Waals surface area contributed by atoms with Crippen molar-refractivity contribution in [1.82, 2.24) is 15.1 Å². The highest BCUT2D eigenvalue weighted by Crippen LogP contribution is 2.47. The molecule has 10 heteroatoms. The average molecular weight is 523 g/mol. The normalized spacial score (nSPS) is 15.3. The van der Waals surface area contributed by atoms with Crippen LogP contribution in [0.1, 0.15) is 34.1 Å². The highest BCUT2D eigenvalue weighted by Gasteiger charge is 2.42. The van der Waals surface area contributed by atoms with Crippen LogP contribution in [0.15, 0.2) is 34.8 Å². The maximum atomic E-state index is 13.3. The Morgan fingerprint density at radius 2 is 2.03 bits per heavy atom. The van der Waals surface area contributed by atoms with Gasteiger partial charge in [0.25, 0.3) is 5.91 Å². The molecule has 2 heterocycles.